The number of rotatable bonds is 6. The van der Waals surface area contributed by atoms with Gasteiger partial charge >= 0.3 is 5.97 Å². The van der Waals surface area contributed by atoms with Crippen LogP contribution in [-0.4, -0.2) is 30.1 Å². The van der Waals surface area contributed by atoms with Crippen LogP contribution in [0.5, 0.6) is 0 Å². The zero-order valence-electron chi connectivity index (χ0n) is 10.0. The summed E-state index contributed by atoms with van der Waals surface area (Å²) < 4.78 is 0.728. The number of anilines is 1. The first kappa shape index (κ1) is 14.5. The molecule has 0 radical (unpaired) electrons. The average Bonchev–Trinajstić information content (AvgIpc) is 2.30. The smallest absolute Gasteiger partial charge is 0.305 e. The predicted molar refractivity (Wildman–Crippen MR) is 72.8 cm³/mol. The average molecular weight is 315 g/mol. The fourth-order valence-electron chi connectivity index (χ4n) is 1.60. The maximum atomic E-state index is 11.0. The number of primary amides is 1. The van der Waals surface area contributed by atoms with Crippen LogP contribution in [-0.2, 0) is 4.79 Å². The molecule has 0 spiro atoms. The van der Waals surface area contributed by atoms with Crippen LogP contribution >= 0.6 is 15.9 Å². The van der Waals surface area contributed by atoms with E-state index in [1.165, 1.54) is 0 Å². The third-order valence-corrected chi connectivity index (χ3v) is 3.19. The van der Waals surface area contributed by atoms with Crippen LogP contribution in [0.25, 0.3) is 0 Å². The molecule has 1 amide bonds. The van der Waals surface area contributed by atoms with E-state index in [4.69, 9.17) is 10.8 Å². The normalized spacial score (nSPS) is 10.1. The number of hydrogen-bond donors (Lipinski definition) is 2. The Kier molecular flexibility index (Phi) is 5.15. The largest absolute Gasteiger partial charge is 0.481 e. The maximum absolute atomic E-state index is 11.0. The zero-order chi connectivity index (χ0) is 13.7. The van der Waals surface area contributed by atoms with Gasteiger partial charge in [0.1, 0.15) is 0 Å². The minimum Gasteiger partial charge on any atom is -0.481 e. The van der Waals surface area contributed by atoms with Gasteiger partial charge in [-0.1, -0.05) is 0 Å². The van der Waals surface area contributed by atoms with Gasteiger partial charge in [-0.05, 0) is 41.1 Å². The fraction of sp³-hybridized carbons (Fsp3) is 0.333. The first-order chi connectivity index (χ1) is 8.45. The molecule has 0 fully saturated rings. The first-order valence-corrected chi connectivity index (χ1v) is 6.31. The molecule has 0 unspecified atom stereocenters. The molecule has 1 aromatic rings. The molecule has 1 aromatic carbocycles. The zero-order valence-corrected chi connectivity index (χ0v) is 11.6. The molecular formula is C12H15BrN2O3. The van der Waals surface area contributed by atoms with Gasteiger partial charge in [0.15, 0.2) is 0 Å². The van der Waals surface area contributed by atoms with Gasteiger partial charge in [-0.25, -0.2) is 0 Å². The van der Waals surface area contributed by atoms with Gasteiger partial charge in [-0.2, -0.15) is 0 Å². The summed E-state index contributed by atoms with van der Waals surface area (Å²) in [4.78, 5) is 23.5. The maximum Gasteiger partial charge on any atom is 0.305 e. The highest BCUT2D eigenvalue weighted by Crippen LogP contribution is 2.27. The molecule has 1 rings (SSSR count). The summed E-state index contributed by atoms with van der Waals surface area (Å²) in [5.74, 6) is -1.32. The highest BCUT2D eigenvalue weighted by Gasteiger charge is 2.12. The van der Waals surface area contributed by atoms with Crippen molar-refractivity contribution >= 4 is 33.5 Å². The van der Waals surface area contributed by atoms with Crippen molar-refractivity contribution in [3.8, 4) is 0 Å². The minimum absolute atomic E-state index is 0.0673. The number of amides is 1. The number of benzene rings is 1. The highest BCUT2D eigenvalue weighted by atomic mass is 79.9. The highest BCUT2D eigenvalue weighted by molar-refractivity contribution is 9.10. The second-order valence-electron chi connectivity index (χ2n) is 3.75. The van der Waals surface area contributed by atoms with Crippen molar-refractivity contribution in [2.75, 3.05) is 18.0 Å². The van der Waals surface area contributed by atoms with E-state index in [9.17, 15) is 9.59 Å². The summed E-state index contributed by atoms with van der Waals surface area (Å²) in [6, 6.07) is 5.03. The molecule has 0 heterocycles. The van der Waals surface area contributed by atoms with E-state index in [-0.39, 0.29) is 6.42 Å². The van der Waals surface area contributed by atoms with Crippen molar-refractivity contribution in [1.82, 2.24) is 0 Å². The molecule has 98 valence electrons. The van der Waals surface area contributed by atoms with Crippen LogP contribution in [0, 0.1) is 0 Å². The minimum atomic E-state index is -0.835. The van der Waals surface area contributed by atoms with Crippen LogP contribution in [0.2, 0.25) is 0 Å². The van der Waals surface area contributed by atoms with E-state index in [0.717, 1.165) is 10.2 Å². The fourth-order valence-corrected chi connectivity index (χ4v) is 2.23. The van der Waals surface area contributed by atoms with Crippen LogP contribution in [0.3, 0.4) is 0 Å². The van der Waals surface area contributed by atoms with E-state index in [1.54, 1.807) is 18.2 Å². The number of carbonyl (C=O) groups excluding carboxylic acids is 1. The van der Waals surface area contributed by atoms with Gasteiger partial charge in [0.2, 0.25) is 5.91 Å². The van der Waals surface area contributed by atoms with Gasteiger partial charge in [-0.3, -0.25) is 9.59 Å². The monoisotopic (exact) mass is 314 g/mol. The van der Waals surface area contributed by atoms with Crippen molar-refractivity contribution in [3.05, 3.63) is 28.2 Å². The van der Waals surface area contributed by atoms with Crippen molar-refractivity contribution in [3.63, 3.8) is 0 Å². The SMILES string of the molecule is CCN(CCC(=O)O)c1ccc(C(N)=O)cc1Br. The summed E-state index contributed by atoms with van der Waals surface area (Å²) in [5.41, 5.74) is 6.46. The lowest BCUT2D eigenvalue weighted by Crippen LogP contribution is -2.26. The summed E-state index contributed by atoms with van der Waals surface area (Å²) in [7, 11) is 0. The summed E-state index contributed by atoms with van der Waals surface area (Å²) >= 11 is 3.37. The second-order valence-corrected chi connectivity index (χ2v) is 4.61. The Morgan fingerprint density at radius 1 is 1.44 bits per heavy atom. The lowest BCUT2D eigenvalue weighted by Gasteiger charge is -2.23. The number of carbonyl (C=O) groups is 2. The Morgan fingerprint density at radius 2 is 2.11 bits per heavy atom. The summed E-state index contributed by atoms with van der Waals surface area (Å²) in [5, 5.41) is 8.69. The molecule has 18 heavy (non-hydrogen) atoms. The van der Waals surface area contributed by atoms with E-state index < -0.39 is 11.9 Å². The molecule has 6 heteroatoms. The van der Waals surface area contributed by atoms with Gasteiger partial charge in [0, 0.05) is 23.1 Å². The van der Waals surface area contributed by atoms with Gasteiger partial charge in [0.25, 0.3) is 0 Å². The summed E-state index contributed by atoms with van der Waals surface area (Å²) in [6.45, 7) is 3.04. The molecule has 0 aliphatic carbocycles. The van der Waals surface area contributed by atoms with Crippen molar-refractivity contribution in [2.45, 2.75) is 13.3 Å². The van der Waals surface area contributed by atoms with E-state index in [0.29, 0.717) is 18.7 Å². The Bertz CT molecular complexity index is 463. The topological polar surface area (TPSA) is 83.6 Å². The number of carboxylic acids is 1. The van der Waals surface area contributed by atoms with E-state index in [1.807, 2.05) is 11.8 Å². The molecule has 0 atom stereocenters. The third kappa shape index (κ3) is 3.73. The van der Waals surface area contributed by atoms with Crippen molar-refractivity contribution in [1.29, 1.82) is 0 Å². The van der Waals surface area contributed by atoms with Crippen LogP contribution in [0.15, 0.2) is 22.7 Å². The number of halogens is 1. The number of aliphatic carboxylic acids is 1. The lowest BCUT2D eigenvalue weighted by atomic mass is 10.2. The van der Waals surface area contributed by atoms with Crippen LogP contribution in [0.4, 0.5) is 5.69 Å². The number of hydrogen-bond acceptors (Lipinski definition) is 3. The van der Waals surface area contributed by atoms with Crippen molar-refractivity contribution in [2.24, 2.45) is 5.73 Å². The van der Waals surface area contributed by atoms with E-state index >= 15 is 0 Å². The van der Waals surface area contributed by atoms with E-state index in [2.05, 4.69) is 15.9 Å². The Hall–Kier alpha value is -1.56. The number of nitrogens with zero attached hydrogens (tertiary/aromatic N) is 1. The predicted octanol–water partition coefficient (Wildman–Crippen LogP) is 1.85. The quantitative estimate of drug-likeness (QED) is 0.839. The van der Waals surface area contributed by atoms with Crippen LogP contribution < -0.4 is 10.6 Å². The molecule has 0 saturated heterocycles. The molecular weight excluding hydrogens is 300 g/mol. The molecule has 0 aliphatic rings. The molecule has 3 N–H and O–H groups in total. The van der Waals surface area contributed by atoms with Gasteiger partial charge in [0.05, 0.1) is 12.1 Å². The Balaban J connectivity index is 2.92. The van der Waals surface area contributed by atoms with Gasteiger partial charge < -0.3 is 15.7 Å². The molecule has 0 saturated carbocycles. The van der Waals surface area contributed by atoms with Crippen molar-refractivity contribution < 1.29 is 14.7 Å². The summed E-state index contributed by atoms with van der Waals surface area (Å²) in [6.07, 6.45) is 0.0673. The standard InChI is InChI=1S/C12H15BrN2O3/c1-2-15(6-5-11(16)17)10-4-3-8(12(14)18)7-9(10)13/h3-4,7H,2,5-6H2,1H3,(H2,14,18)(H,16,17). The molecule has 5 nitrogen and oxygen atoms in total. The van der Waals surface area contributed by atoms with Gasteiger partial charge in [-0.15, -0.1) is 0 Å². The third-order valence-electron chi connectivity index (χ3n) is 2.55. The number of nitrogens with two attached hydrogens (primary N) is 1. The molecule has 0 aromatic heterocycles. The first-order valence-electron chi connectivity index (χ1n) is 5.51. The Morgan fingerprint density at radius 3 is 2.56 bits per heavy atom. The second kappa shape index (κ2) is 6.39. The molecule has 0 bridgehead atoms. The van der Waals surface area contributed by atoms with Crippen LogP contribution in [0.1, 0.15) is 23.7 Å². The molecule has 0 aliphatic heterocycles. The number of carboxylic acid groups (broad SMARTS) is 1. The Labute approximate surface area is 114 Å². The lowest BCUT2D eigenvalue weighted by molar-refractivity contribution is -0.136.